The highest BCUT2D eigenvalue weighted by Crippen LogP contribution is 2.14. The van der Waals surface area contributed by atoms with Crippen molar-refractivity contribution in [2.45, 2.75) is 34.1 Å². The van der Waals surface area contributed by atoms with Crippen LogP contribution in [-0.4, -0.2) is 38.6 Å². The van der Waals surface area contributed by atoms with Crippen LogP contribution in [0.5, 0.6) is 0 Å². The second kappa shape index (κ2) is 8.08. The lowest BCUT2D eigenvalue weighted by Crippen LogP contribution is -2.38. The highest BCUT2D eigenvalue weighted by Gasteiger charge is 2.27. The predicted octanol–water partition coefficient (Wildman–Crippen LogP) is 0.937. The van der Waals surface area contributed by atoms with E-state index in [-0.39, 0.29) is 11.9 Å². The molecule has 0 heterocycles. The number of methoxy groups -OCH3 is 1. The van der Waals surface area contributed by atoms with Crippen LogP contribution in [0.25, 0.3) is 0 Å². The topological polar surface area (TPSA) is 67.4 Å². The normalized spacial score (nSPS) is 11.4. The number of carbonyl (C=O) groups excluding carboxylic acids is 2. The molecule has 0 rings (SSSR count). The summed E-state index contributed by atoms with van der Waals surface area (Å²) in [4.78, 5) is 22.8. The molecule has 0 bridgehead atoms. The van der Waals surface area contributed by atoms with Crippen molar-refractivity contribution in [2.75, 3.05) is 26.7 Å². The van der Waals surface area contributed by atoms with E-state index in [1.165, 1.54) is 7.11 Å². The lowest BCUT2D eigenvalue weighted by atomic mass is 9.94. The Morgan fingerprint density at radius 2 is 1.89 bits per heavy atom. The minimum atomic E-state index is -0.566. The Labute approximate surface area is 110 Å². The van der Waals surface area contributed by atoms with Gasteiger partial charge in [0.15, 0.2) is 0 Å². The van der Waals surface area contributed by atoms with E-state index in [0.29, 0.717) is 32.0 Å². The van der Waals surface area contributed by atoms with Crippen molar-refractivity contribution in [3.63, 3.8) is 0 Å². The molecule has 0 aliphatic heterocycles. The Morgan fingerprint density at radius 3 is 2.39 bits per heavy atom. The van der Waals surface area contributed by atoms with E-state index in [1.54, 1.807) is 0 Å². The lowest BCUT2D eigenvalue weighted by Gasteiger charge is -2.21. The van der Waals surface area contributed by atoms with Gasteiger partial charge < -0.3 is 15.4 Å². The zero-order chi connectivity index (χ0) is 14.2. The van der Waals surface area contributed by atoms with Gasteiger partial charge in [-0.3, -0.25) is 9.59 Å². The summed E-state index contributed by atoms with van der Waals surface area (Å²) in [6.07, 6.45) is 0.421. The van der Waals surface area contributed by atoms with E-state index >= 15 is 0 Å². The SMILES string of the molecule is COC(=O)C(C)(C)CNCCC(=O)NCC(C)C. The molecule has 0 aliphatic rings. The van der Waals surface area contributed by atoms with Crippen LogP contribution >= 0.6 is 0 Å². The Balaban J connectivity index is 3.73. The average Bonchev–Trinajstić information content (AvgIpc) is 2.30. The summed E-state index contributed by atoms with van der Waals surface area (Å²) in [6.45, 7) is 9.48. The number of nitrogens with one attached hydrogen (secondary N) is 2. The molecular weight excluding hydrogens is 232 g/mol. The van der Waals surface area contributed by atoms with Gasteiger partial charge in [0.2, 0.25) is 5.91 Å². The molecule has 0 aromatic heterocycles. The maximum absolute atomic E-state index is 11.4. The molecule has 0 unspecified atom stereocenters. The number of esters is 1. The molecule has 0 aromatic rings. The van der Waals surface area contributed by atoms with Gasteiger partial charge in [0.1, 0.15) is 0 Å². The standard InChI is InChI=1S/C13H26N2O3/c1-10(2)8-15-11(16)6-7-14-9-13(3,4)12(17)18-5/h10,14H,6-9H2,1-5H3,(H,15,16). The lowest BCUT2D eigenvalue weighted by molar-refractivity contribution is -0.150. The smallest absolute Gasteiger partial charge is 0.312 e. The largest absolute Gasteiger partial charge is 0.469 e. The summed E-state index contributed by atoms with van der Waals surface area (Å²) in [5.74, 6) is 0.242. The summed E-state index contributed by atoms with van der Waals surface area (Å²) < 4.78 is 4.70. The van der Waals surface area contributed by atoms with Gasteiger partial charge in [-0.15, -0.1) is 0 Å². The van der Waals surface area contributed by atoms with Gasteiger partial charge >= 0.3 is 5.97 Å². The summed E-state index contributed by atoms with van der Waals surface area (Å²) in [5.41, 5.74) is -0.566. The molecule has 0 spiro atoms. The minimum Gasteiger partial charge on any atom is -0.469 e. The number of amides is 1. The highest BCUT2D eigenvalue weighted by atomic mass is 16.5. The number of rotatable bonds is 8. The van der Waals surface area contributed by atoms with Crippen LogP contribution in [0.1, 0.15) is 34.1 Å². The number of carbonyl (C=O) groups is 2. The van der Waals surface area contributed by atoms with Crippen LogP contribution in [0.15, 0.2) is 0 Å². The number of hydrogen-bond acceptors (Lipinski definition) is 4. The monoisotopic (exact) mass is 258 g/mol. The molecule has 0 aliphatic carbocycles. The molecule has 106 valence electrons. The first-order chi connectivity index (χ1) is 8.29. The zero-order valence-corrected chi connectivity index (χ0v) is 12.1. The van der Waals surface area contributed by atoms with Crippen molar-refractivity contribution in [2.24, 2.45) is 11.3 Å². The molecule has 5 nitrogen and oxygen atoms in total. The first-order valence-corrected chi connectivity index (χ1v) is 6.35. The Hall–Kier alpha value is -1.10. The van der Waals surface area contributed by atoms with Crippen molar-refractivity contribution in [1.82, 2.24) is 10.6 Å². The van der Waals surface area contributed by atoms with Gasteiger partial charge in [-0.25, -0.2) is 0 Å². The highest BCUT2D eigenvalue weighted by molar-refractivity contribution is 5.76. The van der Waals surface area contributed by atoms with Crippen LogP contribution in [-0.2, 0) is 14.3 Å². The first-order valence-electron chi connectivity index (χ1n) is 6.35. The van der Waals surface area contributed by atoms with E-state index < -0.39 is 5.41 Å². The molecule has 1 amide bonds. The van der Waals surface area contributed by atoms with E-state index in [4.69, 9.17) is 4.74 Å². The summed E-state index contributed by atoms with van der Waals surface area (Å²) in [5, 5.41) is 5.94. The average molecular weight is 258 g/mol. The van der Waals surface area contributed by atoms with Crippen molar-refractivity contribution in [1.29, 1.82) is 0 Å². The third-order valence-electron chi connectivity index (χ3n) is 2.54. The van der Waals surface area contributed by atoms with Crippen LogP contribution in [0.2, 0.25) is 0 Å². The van der Waals surface area contributed by atoms with Gasteiger partial charge in [-0.05, 0) is 19.8 Å². The number of hydrogen-bond donors (Lipinski definition) is 2. The van der Waals surface area contributed by atoms with Gasteiger partial charge in [0.05, 0.1) is 12.5 Å². The molecule has 0 saturated heterocycles. The molecule has 0 saturated carbocycles. The third-order valence-corrected chi connectivity index (χ3v) is 2.54. The van der Waals surface area contributed by atoms with E-state index in [9.17, 15) is 9.59 Å². The number of ether oxygens (including phenoxy) is 1. The fraction of sp³-hybridized carbons (Fsp3) is 0.846. The third kappa shape index (κ3) is 7.27. The molecular formula is C13H26N2O3. The van der Waals surface area contributed by atoms with Gasteiger partial charge in [0.25, 0.3) is 0 Å². The minimum absolute atomic E-state index is 0.0343. The first kappa shape index (κ1) is 16.9. The second-order valence-corrected chi connectivity index (χ2v) is 5.50. The molecule has 0 atom stereocenters. The molecule has 0 radical (unpaired) electrons. The molecule has 0 fully saturated rings. The Morgan fingerprint density at radius 1 is 1.28 bits per heavy atom. The van der Waals surface area contributed by atoms with Crippen LogP contribution in [0.4, 0.5) is 0 Å². The van der Waals surface area contributed by atoms with Crippen LogP contribution in [0, 0.1) is 11.3 Å². The maximum Gasteiger partial charge on any atom is 0.312 e. The zero-order valence-electron chi connectivity index (χ0n) is 12.1. The predicted molar refractivity (Wildman–Crippen MR) is 71.1 cm³/mol. The van der Waals surface area contributed by atoms with Crippen LogP contribution < -0.4 is 10.6 Å². The Bertz CT molecular complexity index is 275. The fourth-order valence-electron chi connectivity index (χ4n) is 1.36. The second-order valence-electron chi connectivity index (χ2n) is 5.50. The van der Waals surface area contributed by atoms with Crippen molar-refractivity contribution >= 4 is 11.9 Å². The quantitative estimate of drug-likeness (QED) is 0.502. The molecule has 18 heavy (non-hydrogen) atoms. The molecule has 2 N–H and O–H groups in total. The summed E-state index contributed by atoms with van der Waals surface area (Å²) >= 11 is 0. The Kier molecular flexibility index (Phi) is 7.59. The van der Waals surface area contributed by atoms with E-state index in [2.05, 4.69) is 24.5 Å². The van der Waals surface area contributed by atoms with E-state index in [0.717, 1.165) is 0 Å². The van der Waals surface area contributed by atoms with Crippen molar-refractivity contribution in [3.05, 3.63) is 0 Å². The fourth-order valence-corrected chi connectivity index (χ4v) is 1.36. The van der Waals surface area contributed by atoms with Gasteiger partial charge in [0, 0.05) is 26.1 Å². The maximum atomic E-state index is 11.4. The van der Waals surface area contributed by atoms with E-state index in [1.807, 2.05) is 13.8 Å². The van der Waals surface area contributed by atoms with Gasteiger partial charge in [-0.1, -0.05) is 13.8 Å². The van der Waals surface area contributed by atoms with Gasteiger partial charge in [-0.2, -0.15) is 0 Å². The molecule has 0 aromatic carbocycles. The van der Waals surface area contributed by atoms with Crippen LogP contribution in [0.3, 0.4) is 0 Å². The summed E-state index contributed by atoms with van der Waals surface area (Å²) in [7, 11) is 1.38. The molecule has 5 heteroatoms. The van der Waals surface area contributed by atoms with Crippen molar-refractivity contribution in [3.8, 4) is 0 Å². The van der Waals surface area contributed by atoms with Crippen molar-refractivity contribution < 1.29 is 14.3 Å². The summed E-state index contributed by atoms with van der Waals surface area (Å²) in [6, 6.07) is 0.